The van der Waals surface area contributed by atoms with Gasteiger partial charge in [-0.2, -0.15) is 0 Å². The average molecular weight is 403 g/mol. The summed E-state index contributed by atoms with van der Waals surface area (Å²) >= 11 is 0. The van der Waals surface area contributed by atoms with E-state index in [1.807, 2.05) is 56.3 Å². The minimum Gasteiger partial charge on any atom is -0.493 e. The van der Waals surface area contributed by atoms with Gasteiger partial charge in [0, 0.05) is 12.1 Å². The molecule has 0 bridgehead atoms. The van der Waals surface area contributed by atoms with E-state index < -0.39 is 0 Å². The highest BCUT2D eigenvalue weighted by molar-refractivity contribution is 5.99. The Morgan fingerprint density at radius 2 is 1.77 bits per heavy atom. The lowest BCUT2D eigenvalue weighted by atomic mass is 9.81. The molecule has 1 aliphatic rings. The molecule has 0 amide bonds. The van der Waals surface area contributed by atoms with Gasteiger partial charge in [0.1, 0.15) is 0 Å². The summed E-state index contributed by atoms with van der Waals surface area (Å²) in [4.78, 5) is 22.2. The van der Waals surface area contributed by atoms with Crippen LogP contribution in [0.25, 0.3) is 0 Å². The number of hydrogen-bond acceptors (Lipinski definition) is 6. The van der Waals surface area contributed by atoms with Gasteiger partial charge in [0.05, 0.1) is 31.2 Å². The van der Waals surface area contributed by atoms with Gasteiger partial charge < -0.3 is 14.8 Å². The number of carbonyl (C=O) groups is 1. The molecule has 1 unspecified atom stereocenters. The maximum absolute atomic E-state index is 12.9. The first-order chi connectivity index (χ1) is 14.5. The van der Waals surface area contributed by atoms with Crippen molar-refractivity contribution in [1.82, 2.24) is 9.97 Å². The van der Waals surface area contributed by atoms with Gasteiger partial charge in [-0.3, -0.25) is 4.79 Å². The second-order valence-corrected chi connectivity index (χ2v) is 7.59. The molecule has 1 heterocycles. The molecule has 2 aromatic carbocycles. The summed E-state index contributed by atoms with van der Waals surface area (Å²) in [5.74, 6) is 1.96. The standard InChI is InChI=1S/C24H25N3O3/c1-14-6-5-7-18(10-14)26-24-25-15(2)23-19(27-24)11-17(12-20(23)28)16-8-9-21(29-3)22(13-16)30-4/h5-10,13,17H,11-12H2,1-4H3,(H,25,26,27). The minimum atomic E-state index is 0.0333. The van der Waals surface area contributed by atoms with Crippen LogP contribution in [0, 0.1) is 13.8 Å². The van der Waals surface area contributed by atoms with E-state index in [-0.39, 0.29) is 11.7 Å². The molecule has 0 saturated carbocycles. The quantitative estimate of drug-likeness (QED) is 0.662. The van der Waals surface area contributed by atoms with E-state index in [2.05, 4.69) is 10.3 Å². The topological polar surface area (TPSA) is 73.3 Å². The van der Waals surface area contributed by atoms with E-state index in [0.717, 1.165) is 22.5 Å². The summed E-state index contributed by atoms with van der Waals surface area (Å²) in [5, 5.41) is 3.27. The van der Waals surface area contributed by atoms with E-state index in [1.54, 1.807) is 14.2 Å². The average Bonchev–Trinajstić information content (AvgIpc) is 2.72. The number of anilines is 2. The van der Waals surface area contributed by atoms with Crippen molar-refractivity contribution in [1.29, 1.82) is 0 Å². The summed E-state index contributed by atoms with van der Waals surface area (Å²) in [7, 11) is 3.23. The Morgan fingerprint density at radius 3 is 2.50 bits per heavy atom. The molecule has 4 rings (SSSR count). The van der Waals surface area contributed by atoms with Crippen molar-refractivity contribution in [3.05, 3.63) is 70.5 Å². The van der Waals surface area contributed by atoms with Crippen LogP contribution in [0.1, 0.15) is 45.2 Å². The fourth-order valence-corrected chi connectivity index (χ4v) is 4.02. The molecule has 154 valence electrons. The molecule has 1 atom stereocenters. The zero-order chi connectivity index (χ0) is 21.3. The zero-order valence-electron chi connectivity index (χ0n) is 17.7. The molecule has 6 heteroatoms. The number of nitrogens with zero attached hydrogens (tertiary/aromatic N) is 2. The van der Waals surface area contributed by atoms with E-state index >= 15 is 0 Å². The maximum atomic E-state index is 12.9. The van der Waals surface area contributed by atoms with Crippen molar-refractivity contribution in [2.24, 2.45) is 0 Å². The second kappa shape index (κ2) is 8.14. The highest BCUT2D eigenvalue weighted by atomic mass is 16.5. The maximum Gasteiger partial charge on any atom is 0.227 e. The molecule has 1 N–H and O–H groups in total. The summed E-state index contributed by atoms with van der Waals surface area (Å²) in [6, 6.07) is 13.9. The molecule has 1 aliphatic carbocycles. The van der Waals surface area contributed by atoms with Crippen LogP contribution in [0.5, 0.6) is 11.5 Å². The van der Waals surface area contributed by atoms with Gasteiger partial charge in [-0.15, -0.1) is 0 Å². The Hall–Kier alpha value is -3.41. The van der Waals surface area contributed by atoms with Crippen molar-refractivity contribution in [2.45, 2.75) is 32.6 Å². The molecule has 6 nitrogen and oxygen atoms in total. The van der Waals surface area contributed by atoms with Crippen molar-refractivity contribution >= 4 is 17.4 Å². The first-order valence-electron chi connectivity index (χ1n) is 9.94. The van der Waals surface area contributed by atoms with Gasteiger partial charge in [0.25, 0.3) is 0 Å². The lowest BCUT2D eigenvalue weighted by Crippen LogP contribution is -2.23. The fourth-order valence-electron chi connectivity index (χ4n) is 4.02. The summed E-state index contributed by atoms with van der Waals surface area (Å²) in [6.07, 6.45) is 1.10. The number of hydrogen-bond donors (Lipinski definition) is 1. The van der Waals surface area contributed by atoms with Crippen molar-refractivity contribution in [3.8, 4) is 11.5 Å². The summed E-state index contributed by atoms with van der Waals surface area (Å²) in [6.45, 7) is 3.91. The Bertz CT molecular complexity index is 1110. The van der Waals surface area contributed by atoms with E-state index in [4.69, 9.17) is 14.5 Å². The number of benzene rings is 2. The summed E-state index contributed by atoms with van der Waals surface area (Å²) in [5.41, 5.74) is 5.27. The van der Waals surface area contributed by atoms with E-state index in [9.17, 15) is 4.79 Å². The Kier molecular flexibility index (Phi) is 5.40. The molecule has 1 aromatic heterocycles. The van der Waals surface area contributed by atoms with Crippen LogP contribution in [0.15, 0.2) is 42.5 Å². The van der Waals surface area contributed by atoms with Gasteiger partial charge in [-0.25, -0.2) is 9.97 Å². The first-order valence-corrected chi connectivity index (χ1v) is 9.94. The number of nitrogens with one attached hydrogen (secondary N) is 1. The van der Waals surface area contributed by atoms with Crippen LogP contribution in [-0.4, -0.2) is 30.0 Å². The number of carbonyl (C=O) groups excluding carboxylic acids is 1. The number of rotatable bonds is 5. The van der Waals surface area contributed by atoms with Gasteiger partial charge in [0.2, 0.25) is 5.95 Å². The number of aryl methyl sites for hydroxylation is 2. The lowest BCUT2D eigenvalue weighted by molar-refractivity contribution is 0.0962. The number of fused-ring (bicyclic) bond motifs is 1. The van der Waals surface area contributed by atoms with Crippen molar-refractivity contribution < 1.29 is 14.3 Å². The predicted molar refractivity (Wildman–Crippen MR) is 116 cm³/mol. The number of aromatic nitrogens is 2. The van der Waals surface area contributed by atoms with Crippen LogP contribution in [-0.2, 0) is 6.42 Å². The van der Waals surface area contributed by atoms with Crippen LogP contribution >= 0.6 is 0 Å². The molecule has 30 heavy (non-hydrogen) atoms. The van der Waals surface area contributed by atoms with Gasteiger partial charge in [-0.05, 0) is 61.6 Å². The first kappa shape index (κ1) is 19.9. The number of Topliss-reactive ketones (excluding diaryl/α,β-unsaturated/α-hetero) is 1. The largest absolute Gasteiger partial charge is 0.493 e. The molecular formula is C24H25N3O3. The molecule has 0 radical (unpaired) electrons. The zero-order valence-corrected chi connectivity index (χ0v) is 17.7. The molecule has 3 aromatic rings. The predicted octanol–water partition coefficient (Wildman–Crippen LogP) is 4.77. The second-order valence-electron chi connectivity index (χ2n) is 7.59. The van der Waals surface area contributed by atoms with Crippen LogP contribution in [0.3, 0.4) is 0 Å². The highest BCUT2D eigenvalue weighted by Crippen LogP contribution is 2.37. The Labute approximate surface area is 176 Å². The van der Waals surface area contributed by atoms with Crippen LogP contribution in [0.4, 0.5) is 11.6 Å². The molecule has 0 fully saturated rings. The minimum absolute atomic E-state index is 0.0333. The molecule has 0 saturated heterocycles. The number of ether oxygens (including phenoxy) is 2. The third kappa shape index (κ3) is 3.85. The van der Waals surface area contributed by atoms with Crippen molar-refractivity contribution in [3.63, 3.8) is 0 Å². The van der Waals surface area contributed by atoms with E-state index in [1.165, 1.54) is 0 Å². The third-order valence-electron chi connectivity index (χ3n) is 5.47. The highest BCUT2D eigenvalue weighted by Gasteiger charge is 2.30. The Morgan fingerprint density at radius 1 is 0.967 bits per heavy atom. The van der Waals surface area contributed by atoms with E-state index in [0.29, 0.717) is 41.5 Å². The monoisotopic (exact) mass is 403 g/mol. The SMILES string of the molecule is COc1ccc(C2CC(=O)c3c(C)nc(Nc4cccc(C)c4)nc3C2)cc1OC. The lowest BCUT2D eigenvalue weighted by Gasteiger charge is -2.25. The fraction of sp³-hybridized carbons (Fsp3) is 0.292. The normalized spacial score (nSPS) is 15.5. The molecule has 0 spiro atoms. The number of methoxy groups -OCH3 is 2. The van der Waals surface area contributed by atoms with Gasteiger partial charge >= 0.3 is 0 Å². The smallest absolute Gasteiger partial charge is 0.227 e. The Balaban J connectivity index is 1.66. The van der Waals surface area contributed by atoms with Gasteiger partial charge in [-0.1, -0.05) is 18.2 Å². The molecular weight excluding hydrogens is 378 g/mol. The number of ketones is 1. The van der Waals surface area contributed by atoms with Crippen LogP contribution in [0.2, 0.25) is 0 Å². The third-order valence-corrected chi connectivity index (χ3v) is 5.47. The molecule has 0 aliphatic heterocycles. The van der Waals surface area contributed by atoms with Gasteiger partial charge in [0.15, 0.2) is 17.3 Å². The van der Waals surface area contributed by atoms with Crippen LogP contribution < -0.4 is 14.8 Å². The summed E-state index contributed by atoms with van der Waals surface area (Å²) < 4.78 is 10.8. The van der Waals surface area contributed by atoms with Crippen molar-refractivity contribution in [2.75, 3.05) is 19.5 Å².